The van der Waals surface area contributed by atoms with Crippen molar-refractivity contribution in [3.05, 3.63) is 39.4 Å². The zero-order valence-corrected chi connectivity index (χ0v) is 9.43. The smallest absolute Gasteiger partial charge is 0.337 e. The van der Waals surface area contributed by atoms with Crippen molar-refractivity contribution in [2.45, 2.75) is 13.3 Å². The predicted molar refractivity (Wildman–Crippen MR) is 59.1 cm³/mol. The number of nitro benzene ring substituents is 1. The number of methoxy groups -OCH3 is 1. The normalized spacial score (nSPS) is 9.76. The molecule has 0 radical (unpaired) electrons. The maximum Gasteiger partial charge on any atom is 0.337 e. The highest BCUT2D eigenvalue weighted by Crippen LogP contribution is 2.22. The van der Waals surface area contributed by atoms with Gasteiger partial charge in [-0.25, -0.2) is 4.79 Å². The third kappa shape index (κ3) is 2.66. The van der Waals surface area contributed by atoms with Gasteiger partial charge in [-0.2, -0.15) is 0 Å². The Morgan fingerprint density at radius 3 is 2.53 bits per heavy atom. The summed E-state index contributed by atoms with van der Waals surface area (Å²) in [4.78, 5) is 32.9. The second-order valence-electron chi connectivity index (χ2n) is 3.26. The lowest BCUT2D eigenvalue weighted by atomic mass is 10.0. The van der Waals surface area contributed by atoms with Crippen LogP contribution in [0.25, 0.3) is 0 Å². The van der Waals surface area contributed by atoms with E-state index in [0.717, 1.165) is 6.07 Å². The van der Waals surface area contributed by atoms with E-state index in [1.54, 1.807) is 6.92 Å². The molecule has 6 heteroatoms. The molecular formula is C11H11NO5. The van der Waals surface area contributed by atoms with Crippen LogP contribution >= 0.6 is 0 Å². The van der Waals surface area contributed by atoms with E-state index in [4.69, 9.17) is 0 Å². The predicted octanol–water partition coefficient (Wildman–Crippen LogP) is 1.97. The van der Waals surface area contributed by atoms with Gasteiger partial charge in [0, 0.05) is 12.5 Å². The second-order valence-corrected chi connectivity index (χ2v) is 3.26. The molecule has 0 unspecified atom stereocenters. The SMILES string of the molecule is CCC(=O)c1cc(C(=O)OC)ccc1[N+](=O)[O-]. The van der Waals surface area contributed by atoms with Crippen molar-refractivity contribution in [2.24, 2.45) is 0 Å². The third-order valence-electron chi connectivity index (χ3n) is 2.24. The van der Waals surface area contributed by atoms with Gasteiger partial charge in [-0.15, -0.1) is 0 Å². The summed E-state index contributed by atoms with van der Waals surface area (Å²) in [5.74, 6) is -1.02. The average molecular weight is 237 g/mol. The molecule has 0 aliphatic rings. The molecule has 0 atom stereocenters. The van der Waals surface area contributed by atoms with Crippen molar-refractivity contribution in [1.29, 1.82) is 0 Å². The number of esters is 1. The average Bonchev–Trinajstić information content (AvgIpc) is 2.35. The number of carbonyl (C=O) groups excluding carboxylic acids is 2. The van der Waals surface area contributed by atoms with Crippen molar-refractivity contribution in [3.63, 3.8) is 0 Å². The van der Waals surface area contributed by atoms with Crippen LogP contribution in [0.2, 0.25) is 0 Å². The molecule has 0 amide bonds. The van der Waals surface area contributed by atoms with Crippen LogP contribution in [-0.2, 0) is 4.74 Å². The van der Waals surface area contributed by atoms with E-state index < -0.39 is 10.9 Å². The second kappa shape index (κ2) is 5.20. The van der Waals surface area contributed by atoms with E-state index in [9.17, 15) is 19.7 Å². The molecule has 17 heavy (non-hydrogen) atoms. The van der Waals surface area contributed by atoms with Crippen LogP contribution in [0.3, 0.4) is 0 Å². The summed E-state index contributed by atoms with van der Waals surface area (Å²) < 4.78 is 4.48. The van der Waals surface area contributed by atoms with Crippen LogP contribution in [0.5, 0.6) is 0 Å². The third-order valence-corrected chi connectivity index (χ3v) is 2.24. The Balaban J connectivity index is 3.34. The zero-order valence-electron chi connectivity index (χ0n) is 9.43. The summed E-state index contributed by atoms with van der Waals surface area (Å²) in [5, 5.41) is 10.7. The minimum Gasteiger partial charge on any atom is -0.465 e. The van der Waals surface area contributed by atoms with Gasteiger partial charge in [-0.05, 0) is 12.1 Å². The van der Waals surface area contributed by atoms with Crippen LogP contribution in [0.15, 0.2) is 18.2 Å². The Kier molecular flexibility index (Phi) is 3.92. The highest BCUT2D eigenvalue weighted by atomic mass is 16.6. The van der Waals surface area contributed by atoms with Crippen LogP contribution in [0.4, 0.5) is 5.69 Å². The lowest BCUT2D eigenvalue weighted by Crippen LogP contribution is -2.07. The van der Waals surface area contributed by atoms with Crippen molar-refractivity contribution < 1.29 is 19.2 Å². The fraction of sp³-hybridized carbons (Fsp3) is 0.273. The first-order chi connectivity index (χ1) is 8.01. The molecule has 0 aromatic heterocycles. The highest BCUT2D eigenvalue weighted by Gasteiger charge is 2.21. The maximum absolute atomic E-state index is 11.5. The number of Topliss-reactive ketones (excluding diaryl/α,β-unsaturated/α-hetero) is 1. The van der Waals surface area contributed by atoms with Crippen LogP contribution < -0.4 is 0 Å². The standard InChI is InChI=1S/C11H11NO5/c1-3-10(13)8-6-7(11(14)17-2)4-5-9(8)12(15)16/h4-6H,3H2,1-2H3. The molecule has 0 fully saturated rings. The highest BCUT2D eigenvalue weighted by molar-refractivity contribution is 6.02. The van der Waals surface area contributed by atoms with Gasteiger partial charge in [0.15, 0.2) is 5.78 Å². The molecule has 0 aliphatic heterocycles. The van der Waals surface area contributed by atoms with E-state index in [1.807, 2.05) is 0 Å². The largest absolute Gasteiger partial charge is 0.465 e. The topological polar surface area (TPSA) is 86.5 Å². The van der Waals surface area contributed by atoms with Gasteiger partial charge in [0.2, 0.25) is 0 Å². The van der Waals surface area contributed by atoms with E-state index >= 15 is 0 Å². The van der Waals surface area contributed by atoms with E-state index in [0.29, 0.717) is 0 Å². The molecule has 6 nitrogen and oxygen atoms in total. The fourth-order valence-corrected chi connectivity index (χ4v) is 1.35. The molecule has 0 aliphatic carbocycles. The number of nitrogens with zero attached hydrogens (tertiary/aromatic N) is 1. The molecule has 0 bridgehead atoms. The minimum absolute atomic E-state index is 0.0691. The lowest BCUT2D eigenvalue weighted by Gasteiger charge is -2.03. The van der Waals surface area contributed by atoms with E-state index in [1.165, 1.54) is 19.2 Å². The quantitative estimate of drug-likeness (QED) is 0.346. The first kappa shape index (κ1) is 12.8. The van der Waals surface area contributed by atoms with Gasteiger partial charge >= 0.3 is 5.97 Å². The summed E-state index contributed by atoms with van der Waals surface area (Å²) in [6, 6.07) is 3.58. The molecular weight excluding hydrogens is 226 g/mol. The summed E-state index contributed by atoms with van der Waals surface area (Å²) in [6.45, 7) is 1.59. The number of nitro groups is 1. The van der Waals surface area contributed by atoms with Crippen LogP contribution in [-0.4, -0.2) is 23.8 Å². The summed E-state index contributed by atoms with van der Waals surface area (Å²) in [5.41, 5.74) is -0.250. The van der Waals surface area contributed by atoms with Gasteiger partial charge in [-0.1, -0.05) is 6.92 Å². The molecule has 0 saturated heterocycles. The van der Waals surface area contributed by atoms with Gasteiger partial charge in [0.1, 0.15) is 0 Å². The first-order valence-electron chi connectivity index (χ1n) is 4.91. The maximum atomic E-state index is 11.5. The molecule has 1 aromatic rings. The Labute approximate surface area is 97.3 Å². The van der Waals surface area contributed by atoms with E-state index in [2.05, 4.69) is 4.74 Å². The van der Waals surface area contributed by atoms with Crippen LogP contribution in [0.1, 0.15) is 34.1 Å². The number of ketones is 1. The Morgan fingerprint density at radius 2 is 2.06 bits per heavy atom. The number of hydrogen-bond acceptors (Lipinski definition) is 5. The molecule has 0 N–H and O–H groups in total. The molecule has 0 saturated carbocycles. The summed E-state index contributed by atoms with van der Waals surface area (Å²) in [7, 11) is 1.20. The summed E-state index contributed by atoms with van der Waals surface area (Å²) >= 11 is 0. The summed E-state index contributed by atoms with van der Waals surface area (Å²) in [6.07, 6.45) is 0.130. The van der Waals surface area contributed by atoms with Crippen molar-refractivity contribution in [2.75, 3.05) is 7.11 Å². The fourth-order valence-electron chi connectivity index (χ4n) is 1.35. The monoisotopic (exact) mass is 237 g/mol. The number of rotatable bonds is 4. The Bertz CT molecular complexity index is 481. The first-order valence-corrected chi connectivity index (χ1v) is 4.91. The molecule has 1 rings (SSSR count). The van der Waals surface area contributed by atoms with Crippen molar-refractivity contribution >= 4 is 17.4 Å². The van der Waals surface area contributed by atoms with Crippen molar-refractivity contribution in [1.82, 2.24) is 0 Å². The van der Waals surface area contributed by atoms with Crippen LogP contribution in [0, 0.1) is 10.1 Å². The molecule has 90 valence electrons. The van der Waals surface area contributed by atoms with Gasteiger partial charge in [0.05, 0.1) is 23.2 Å². The Hall–Kier alpha value is -2.24. The number of benzene rings is 1. The van der Waals surface area contributed by atoms with Gasteiger partial charge in [0.25, 0.3) is 5.69 Å². The molecule has 0 spiro atoms. The molecule has 1 aromatic carbocycles. The minimum atomic E-state index is -0.649. The zero-order chi connectivity index (χ0) is 13.0. The van der Waals surface area contributed by atoms with Gasteiger partial charge in [-0.3, -0.25) is 14.9 Å². The number of ether oxygens (including phenoxy) is 1. The van der Waals surface area contributed by atoms with Crippen molar-refractivity contribution in [3.8, 4) is 0 Å². The van der Waals surface area contributed by atoms with Gasteiger partial charge < -0.3 is 4.74 Å². The number of carbonyl (C=O) groups is 2. The lowest BCUT2D eigenvalue weighted by molar-refractivity contribution is -0.385. The molecule has 0 heterocycles. The Morgan fingerprint density at radius 1 is 1.41 bits per heavy atom. The van der Waals surface area contributed by atoms with E-state index in [-0.39, 0.29) is 29.0 Å². The number of hydrogen-bond donors (Lipinski definition) is 0.